The lowest BCUT2D eigenvalue weighted by atomic mass is 10.2. The minimum absolute atomic E-state index is 0.463. The van der Waals surface area contributed by atoms with E-state index in [0.29, 0.717) is 27.7 Å². The van der Waals surface area contributed by atoms with Gasteiger partial charge in [0.1, 0.15) is 17.0 Å². The molecule has 0 aliphatic rings. The number of alkyl halides is 3. The lowest BCUT2D eigenvalue weighted by Crippen LogP contribution is -2.06. The van der Waals surface area contributed by atoms with Gasteiger partial charge in [-0.3, -0.25) is 4.98 Å². The van der Waals surface area contributed by atoms with Crippen LogP contribution in [0.1, 0.15) is 12.5 Å². The molecule has 3 aromatic rings. The minimum Gasteiger partial charge on any atom is -0.306 e. The number of halogens is 4. The molecule has 0 fully saturated rings. The van der Waals surface area contributed by atoms with Gasteiger partial charge in [0.25, 0.3) is 0 Å². The summed E-state index contributed by atoms with van der Waals surface area (Å²) in [6, 6.07) is 4.83. The first-order chi connectivity index (χ1) is 10.9. The Bertz CT molecular complexity index is 861. The van der Waals surface area contributed by atoms with Crippen molar-refractivity contribution < 1.29 is 13.2 Å². The molecule has 0 radical (unpaired) electrons. The number of hydrogen-bond acceptors (Lipinski definition) is 3. The van der Waals surface area contributed by atoms with Crippen LogP contribution in [0, 0.1) is 0 Å². The predicted molar refractivity (Wildman–Crippen MR) is 87.5 cm³/mol. The van der Waals surface area contributed by atoms with Crippen LogP contribution in [-0.4, -0.2) is 20.1 Å². The third-order valence-electron chi connectivity index (χ3n) is 3.14. The fourth-order valence-corrected chi connectivity index (χ4v) is 3.27. The van der Waals surface area contributed by atoms with Gasteiger partial charge in [0.2, 0.25) is 0 Å². The average molecular weight is 402 g/mol. The summed E-state index contributed by atoms with van der Waals surface area (Å²) in [5, 5.41) is 0. The molecular weight excluding hydrogens is 391 g/mol. The van der Waals surface area contributed by atoms with Crippen molar-refractivity contribution in [1.29, 1.82) is 0 Å². The van der Waals surface area contributed by atoms with E-state index in [1.807, 2.05) is 25.3 Å². The normalized spacial score (nSPS) is 12.0. The standard InChI is InChI=1S/C15H11BrF3N3S/c1-2-23-12-5-9(15(17,18)19)7-20-14(12)11-8-22-4-3-10(16)6-13(22)21-11/h3-8H,2H2,1H3. The third kappa shape index (κ3) is 3.37. The fraction of sp³-hybridized carbons (Fsp3) is 0.200. The summed E-state index contributed by atoms with van der Waals surface area (Å²) in [7, 11) is 0. The first-order valence-corrected chi connectivity index (χ1v) is 8.51. The Hall–Kier alpha value is -1.54. The van der Waals surface area contributed by atoms with Gasteiger partial charge in [0, 0.05) is 28.0 Å². The second kappa shape index (κ2) is 6.16. The predicted octanol–water partition coefficient (Wildman–Crippen LogP) is 5.29. The monoisotopic (exact) mass is 401 g/mol. The Morgan fingerprint density at radius 2 is 2.09 bits per heavy atom. The molecule has 0 aliphatic carbocycles. The molecule has 0 saturated heterocycles. The van der Waals surface area contributed by atoms with E-state index in [-0.39, 0.29) is 0 Å². The number of rotatable bonds is 3. The van der Waals surface area contributed by atoms with Crippen LogP contribution in [0.25, 0.3) is 17.0 Å². The summed E-state index contributed by atoms with van der Waals surface area (Å²) in [5.41, 5.74) is 0.963. The first kappa shape index (κ1) is 16.3. The molecule has 0 spiro atoms. The zero-order chi connectivity index (χ0) is 16.6. The maximum Gasteiger partial charge on any atom is 0.417 e. The zero-order valence-corrected chi connectivity index (χ0v) is 14.3. The van der Waals surface area contributed by atoms with E-state index in [2.05, 4.69) is 25.9 Å². The van der Waals surface area contributed by atoms with Crippen molar-refractivity contribution in [3.05, 3.63) is 46.8 Å². The van der Waals surface area contributed by atoms with E-state index in [1.165, 1.54) is 11.8 Å². The van der Waals surface area contributed by atoms with Crippen molar-refractivity contribution in [2.24, 2.45) is 0 Å². The van der Waals surface area contributed by atoms with Gasteiger partial charge in [-0.1, -0.05) is 22.9 Å². The van der Waals surface area contributed by atoms with Crippen LogP contribution in [0.5, 0.6) is 0 Å². The van der Waals surface area contributed by atoms with Crippen LogP contribution in [0.4, 0.5) is 13.2 Å². The Kier molecular flexibility index (Phi) is 4.37. The smallest absolute Gasteiger partial charge is 0.306 e. The van der Waals surface area contributed by atoms with Crippen molar-refractivity contribution in [2.75, 3.05) is 5.75 Å². The van der Waals surface area contributed by atoms with Crippen LogP contribution >= 0.6 is 27.7 Å². The number of imidazole rings is 1. The zero-order valence-electron chi connectivity index (χ0n) is 11.9. The van der Waals surface area contributed by atoms with E-state index in [1.54, 1.807) is 10.6 Å². The molecule has 3 aromatic heterocycles. The molecule has 0 bridgehead atoms. The summed E-state index contributed by atoms with van der Waals surface area (Å²) in [5.74, 6) is 0.648. The lowest BCUT2D eigenvalue weighted by molar-refractivity contribution is -0.138. The van der Waals surface area contributed by atoms with Gasteiger partial charge in [-0.25, -0.2) is 4.98 Å². The largest absolute Gasteiger partial charge is 0.417 e. The molecular formula is C15H11BrF3N3S. The highest BCUT2D eigenvalue weighted by Gasteiger charge is 2.32. The summed E-state index contributed by atoms with van der Waals surface area (Å²) in [6.07, 6.45) is 0.0388. The maximum absolute atomic E-state index is 12.9. The van der Waals surface area contributed by atoms with Crippen LogP contribution < -0.4 is 0 Å². The van der Waals surface area contributed by atoms with Gasteiger partial charge < -0.3 is 4.40 Å². The average Bonchev–Trinajstić information content (AvgIpc) is 2.89. The number of nitrogens with zero attached hydrogens (tertiary/aromatic N) is 3. The van der Waals surface area contributed by atoms with E-state index >= 15 is 0 Å². The minimum atomic E-state index is -4.40. The van der Waals surface area contributed by atoms with Crippen molar-refractivity contribution >= 4 is 33.3 Å². The Labute approximate surface area is 143 Å². The van der Waals surface area contributed by atoms with Gasteiger partial charge in [-0.05, 0) is 24.0 Å². The van der Waals surface area contributed by atoms with Gasteiger partial charge >= 0.3 is 6.18 Å². The SMILES string of the molecule is CCSc1cc(C(F)(F)F)cnc1-c1cn2ccc(Br)cc2n1. The molecule has 0 atom stereocenters. The van der Waals surface area contributed by atoms with Crippen LogP contribution in [0.2, 0.25) is 0 Å². The van der Waals surface area contributed by atoms with Gasteiger partial charge in [0.05, 0.1) is 5.56 Å². The fourth-order valence-electron chi connectivity index (χ4n) is 2.13. The van der Waals surface area contributed by atoms with Crippen LogP contribution in [0.3, 0.4) is 0 Å². The molecule has 0 saturated carbocycles. The second-order valence-corrected chi connectivity index (χ2v) is 6.96. The number of fused-ring (bicyclic) bond motifs is 1. The van der Waals surface area contributed by atoms with Crippen molar-refractivity contribution in [3.63, 3.8) is 0 Å². The highest BCUT2D eigenvalue weighted by Crippen LogP contribution is 2.35. The molecule has 0 aromatic carbocycles. The van der Waals surface area contributed by atoms with Crippen LogP contribution in [0.15, 0.2) is 46.2 Å². The van der Waals surface area contributed by atoms with Gasteiger partial charge in [0.15, 0.2) is 0 Å². The molecule has 3 heterocycles. The molecule has 8 heteroatoms. The Morgan fingerprint density at radius 3 is 2.78 bits per heavy atom. The molecule has 23 heavy (non-hydrogen) atoms. The molecule has 0 amide bonds. The number of pyridine rings is 2. The molecule has 3 rings (SSSR count). The van der Waals surface area contributed by atoms with Crippen LogP contribution in [-0.2, 0) is 6.18 Å². The Balaban J connectivity index is 2.12. The topological polar surface area (TPSA) is 30.2 Å². The van der Waals surface area contributed by atoms with Gasteiger partial charge in [-0.15, -0.1) is 11.8 Å². The van der Waals surface area contributed by atoms with Gasteiger partial charge in [-0.2, -0.15) is 13.2 Å². The maximum atomic E-state index is 12.9. The number of thioether (sulfide) groups is 1. The first-order valence-electron chi connectivity index (χ1n) is 6.73. The highest BCUT2D eigenvalue weighted by molar-refractivity contribution is 9.10. The van der Waals surface area contributed by atoms with E-state index in [0.717, 1.165) is 16.7 Å². The molecule has 0 unspecified atom stereocenters. The number of hydrogen-bond donors (Lipinski definition) is 0. The summed E-state index contributed by atoms with van der Waals surface area (Å²) >= 11 is 4.69. The van der Waals surface area contributed by atoms with Crippen molar-refractivity contribution in [2.45, 2.75) is 18.0 Å². The third-order valence-corrected chi connectivity index (χ3v) is 4.55. The van der Waals surface area contributed by atoms with Crippen molar-refractivity contribution in [1.82, 2.24) is 14.4 Å². The molecule has 3 nitrogen and oxygen atoms in total. The quantitative estimate of drug-likeness (QED) is 0.558. The molecule has 0 N–H and O–H groups in total. The summed E-state index contributed by atoms with van der Waals surface area (Å²) in [4.78, 5) is 8.95. The van der Waals surface area contributed by atoms with E-state index in [9.17, 15) is 13.2 Å². The Morgan fingerprint density at radius 1 is 1.30 bits per heavy atom. The highest BCUT2D eigenvalue weighted by atomic mass is 79.9. The van der Waals surface area contributed by atoms with E-state index in [4.69, 9.17) is 0 Å². The second-order valence-electron chi connectivity index (χ2n) is 4.74. The lowest BCUT2D eigenvalue weighted by Gasteiger charge is -2.10. The van der Waals surface area contributed by atoms with Crippen molar-refractivity contribution in [3.8, 4) is 11.4 Å². The molecule has 0 aliphatic heterocycles. The summed E-state index contributed by atoms with van der Waals surface area (Å²) < 4.78 is 41.3. The molecule has 120 valence electrons. The summed E-state index contributed by atoms with van der Waals surface area (Å²) in [6.45, 7) is 1.88. The van der Waals surface area contributed by atoms with E-state index < -0.39 is 11.7 Å². The number of aromatic nitrogens is 3.